The average molecular weight is 1100 g/mol. The van der Waals surface area contributed by atoms with Crippen LogP contribution >= 0.6 is 45.3 Å². The van der Waals surface area contributed by atoms with Crippen LogP contribution in [0.1, 0.15) is 22.8 Å². The summed E-state index contributed by atoms with van der Waals surface area (Å²) in [5.41, 5.74) is 10.1. The number of anilines is 12. The van der Waals surface area contributed by atoms with Gasteiger partial charge in [0.1, 0.15) is 66.5 Å². The number of halogens is 8. The third-order valence-electron chi connectivity index (χ3n) is 12.9. The Labute approximate surface area is 443 Å². The summed E-state index contributed by atoms with van der Waals surface area (Å²) in [5, 5.41) is 4.89. The highest BCUT2D eigenvalue weighted by atomic mass is 32.1. The molecule has 378 valence electrons. The molecule has 0 spiro atoms. The minimum Gasteiger partial charge on any atom is -0.299 e. The Hall–Kier alpha value is -8.04. The van der Waals surface area contributed by atoms with Crippen molar-refractivity contribution < 1.29 is 35.1 Å². The van der Waals surface area contributed by atoms with Gasteiger partial charge < -0.3 is 0 Å². The molecule has 8 aromatic carbocycles. The van der Waals surface area contributed by atoms with E-state index in [0.717, 1.165) is 24.3 Å². The van der Waals surface area contributed by atoms with Gasteiger partial charge in [0.05, 0.1) is 90.3 Å². The molecule has 0 aliphatic heterocycles. The van der Waals surface area contributed by atoms with Crippen LogP contribution in [0.25, 0.3) is 32.3 Å². The number of benzene rings is 8. The molecule has 0 amide bonds. The van der Waals surface area contributed by atoms with Crippen molar-refractivity contribution in [2.75, 3.05) is 19.6 Å². The van der Waals surface area contributed by atoms with Crippen LogP contribution in [0.4, 0.5) is 101 Å². The van der Waals surface area contributed by atoms with E-state index in [9.17, 15) is 0 Å². The maximum absolute atomic E-state index is 15.7. The van der Waals surface area contributed by atoms with Crippen molar-refractivity contribution in [3.05, 3.63) is 201 Å². The van der Waals surface area contributed by atoms with E-state index in [4.69, 9.17) is 0 Å². The SMILES string of the molecule is Cc1ncsc1N(c1cc(F)cc(F)c1)c1cc(N(c2cc(F)cc(F)c2)c2scnc2C)c2ccc3c(N(c4cc(F)cc(F)c4)c4scnc4C)cc(N(c4cc(F)cc(F)c4)c4scnc4C)c4ccc1c2c43. The Bertz CT molecular complexity index is 3640. The lowest BCUT2D eigenvalue weighted by atomic mass is 9.89. The molecule has 0 bridgehead atoms. The van der Waals surface area contributed by atoms with Gasteiger partial charge in [-0.2, -0.15) is 0 Å². The lowest BCUT2D eigenvalue weighted by molar-refractivity contribution is 0.583. The maximum atomic E-state index is 15.7. The minimum atomic E-state index is -0.869. The second kappa shape index (κ2) is 19.0. The molecule has 0 radical (unpaired) electrons. The molecular weight excluding hydrogens is 1060 g/mol. The summed E-state index contributed by atoms with van der Waals surface area (Å²) in [7, 11) is 0. The third kappa shape index (κ3) is 8.41. The summed E-state index contributed by atoms with van der Waals surface area (Å²) in [4.78, 5) is 24.9. The Morgan fingerprint density at radius 2 is 0.487 bits per heavy atom. The molecule has 12 aromatic rings. The summed E-state index contributed by atoms with van der Waals surface area (Å²) in [6.07, 6.45) is 0. The van der Waals surface area contributed by atoms with Crippen molar-refractivity contribution >= 4 is 143 Å². The normalized spacial score (nSPS) is 11.7. The average Bonchev–Trinajstić information content (AvgIpc) is 4.27. The fraction of sp³-hybridized carbons (Fsp3) is 0.0714. The lowest BCUT2D eigenvalue weighted by Gasteiger charge is -2.33. The molecule has 4 heterocycles. The number of hydrogen-bond acceptors (Lipinski definition) is 12. The van der Waals surface area contributed by atoms with Gasteiger partial charge in [0, 0.05) is 56.6 Å². The zero-order valence-corrected chi connectivity index (χ0v) is 43.2. The van der Waals surface area contributed by atoms with Gasteiger partial charge in [-0.1, -0.05) is 24.3 Å². The molecule has 0 fully saturated rings. The molecule has 8 nitrogen and oxygen atoms in total. The number of hydrogen-bond donors (Lipinski definition) is 0. The first kappa shape index (κ1) is 48.9. The number of aryl methyl sites for hydroxylation is 4. The largest absolute Gasteiger partial charge is 0.299 e. The van der Waals surface area contributed by atoms with Crippen molar-refractivity contribution in [3.63, 3.8) is 0 Å². The van der Waals surface area contributed by atoms with Gasteiger partial charge in [-0.15, -0.1) is 45.3 Å². The Morgan fingerprint density at radius 1 is 0.289 bits per heavy atom. The van der Waals surface area contributed by atoms with E-state index < -0.39 is 46.5 Å². The first-order chi connectivity index (χ1) is 36.6. The molecule has 0 unspecified atom stereocenters. The first-order valence-electron chi connectivity index (χ1n) is 23.0. The van der Waals surface area contributed by atoms with E-state index in [-0.39, 0.29) is 22.7 Å². The molecular formula is C56H34F8N8S4. The molecule has 4 aromatic heterocycles. The van der Waals surface area contributed by atoms with Gasteiger partial charge in [0.2, 0.25) is 0 Å². The van der Waals surface area contributed by atoms with Crippen LogP contribution in [-0.4, -0.2) is 19.9 Å². The number of rotatable bonds is 12. The van der Waals surface area contributed by atoms with E-state index >= 15 is 35.1 Å². The molecule has 76 heavy (non-hydrogen) atoms. The second-order valence-electron chi connectivity index (χ2n) is 17.7. The smallest absolute Gasteiger partial charge is 0.128 e. The highest BCUT2D eigenvalue weighted by Gasteiger charge is 2.32. The predicted octanol–water partition coefficient (Wildman–Crippen LogP) is 18.6. The van der Waals surface area contributed by atoms with Crippen LogP contribution in [-0.2, 0) is 0 Å². The monoisotopic (exact) mass is 1100 g/mol. The van der Waals surface area contributed by atoms with Crippen molar-refractivity contribution in [1.29, 1.82) is 0 Å². The quantitative estimate of drug-likeness (QED) is 0.0886. The van der Waals surface area contributed by atoms with Crippen LogP contribution in [0, 0.1) is 74.2 Å². The topological polar surface area (TPSA) is 64.5 Å². The number of thiazole rings is 4. The van der Waals surface area contributed by atoms with E-state index in [2.05, 4.69) is 19.9 Å². The van der Waals surface area contributed by atoms with Gasteiger partial charge >= 0.3 is 0 Å². The Balaban J connectivity index is 1.32. The van der Waals surface area contributed by atoms with E-state index in [1.165, 1.54) is 93.9 Å². The number of nitrogens with zero attached hydrogens (tertiary/aromatic N) is 8. The van der Waals surface area contributed by atoms with Gasteiger partial charge in [-0.25, -0.2) is 55.1 Å². The van der Waals surface area contributed by atoms with Crippen molar-refractivity contribution in [3.8, 4) is 0 Å². The Morgan fingerprint density at radius 3 is 0.658 bits per heavy atom. The van der Waals surface area contributed by atoms with Crippen molar-refractivity contribution in [2.45, 2.75) is 27.7 Å². The molecule has 0 N–H and O–H groups in total. The fourth-order valence-corrected chi connectivity index (χ4v) is 13.2. The van der Waals surface area contributed by atoms with Gasteiger partial charge in [-0.3, -0.25) is 19.6 Å². The lowest BCUT2D eigenvalue weighted by Crippen LogP contribution is -2.16. The van der Waals surface area contributed by atoms with Crippen molar-refractivity contribution in [2.24, 2.45) is 0 Å². The molecule has 0 aliphatic carbocycles. The van der Waals surface area contributed by atoms with Crippen LogP contribution in [0.5, 0.6) is 0 Å². The predicted molar refractivity (Wildman–Crippen MR) is 290 cm³/mol. The maximum Gasteiger partial charge on any atom is 0.128 e. The van der Waals surface area contributed by atoms with E-state index in [1.54, 1.807) is 81.5 Å². The summed E-state index contributed by atoms with van der Waals surface area (Å²) in [6.45, 7) is 7.01. The van der Waals surface area contributed by atoms with Crippen LogP contribution in [0.3, 0.4) is 0 Å². The first-order valence-corrected chi connectivity index (χ1v) is 26.6. The highest BCUT2D eigenvalue weighted by Crippen LogP contribution is 2.57. The van der Waals surface area contributed by atoms with Gasteiger partial charge in [0.25, 0.3) is 0 Å². The summed E-state index contributed by atoms with van der Waals surface area (Å²) < 4.78 is 125. The van der Waals surface area contributed by atoms with E-state index in [0.29, 0.717) is 97.8 Å². The van der Waals surface area contributed by atoms with Crippen LogP contribution < -0.4 is 19.6 Å². The summed E-state index contributed by atoms with van der Waals surface area (Å²) >= 11 is 4.84. The Kier molecular flexibility index (Phi) is 12.2. The summed E-state index contributed by atoms with van der Waals surface area (Å²) in [6, 6.07) is 23.4. The zero-order valence-electron chi connectivity index (χ0n) is 39.9. The van der Waals surface area contributed by atoms with Gasteiger partial charge in [0.15, 0.2) is 0 Å². The molecule has 0 saturated carbocycles. The third-order valence-corrected chi connectivity index (χ3v) is 16.5. The molecule has 0 atom stereocenters. The highest BCUT2D eigenvalue weighted by molar-refractivity contribution is 7.15. The fourth-order valence-electron chi connectivity index (χ4n) is 9.84. The van der Waals surface area contributed by atoms with Gasteiger partial charge in [-0.05, 0) is 88.4 Å². The van der Waals surface area contributed by atoms with Crippen molar-refractivity contribution in [1.82, 2.24) is 19.9 Å². The standard InChI is InChI=1S/C56H34F8N8S4/c1-27-53(73-23-65-27)69(39-13-31(57)9-32(58)14-39)47-21-48(70(54-28(2)66-24-74-54)40-15-33(59)10-34(60)16-40)44-7-8-46-50(72(56-30(4)68-26-76-56)42-19-37(63)12-38(64)20-42)22-49(45-6-5-43(47)51(44)52(45)46)71(55-29(3)67-25-75-55)41-17-35(61)11-36(62)18-41/h5-26H,1-4H3. The second-order valence-corrected chi connectivity index (χ2v) is 21.1. The van der Waals surface area contributed by atoms with Crippen LogP contribution in [0.15, 0.2) is 131 Å². The van der Waals surface area contributed by atoms with E-state index in [1.807, 2.05) is 24.3 Å². The zero-order chi connectivity index (χ0) is 52.8. The minimum absolute atomic E-state index is 0.0736. The van der Waals surface area contributed by atoms with Crippen LogP contribution in [0.2, 0.25) is 0 Å². The molecule has 12 rings (SSSR count). The number of aromatic nitrogens is 4. The molecule has 0 saturated heterocycles. The summed E-state index contributed by atoms with van der Waals surface area (Å²) in [5.74, 6) is -6.96. The molecule has 20 heteroatoms. The molecule has 0 aliphatic rings.